The van der Waals surface area contributed by atoms with Crippen LogP contribution < -0.4 is 11.1 Å². The van der Waals surface area contributed by atoms with Gasteiger partial charge < -0.3 is 16.3 Å². The van der Waals surface area contributed by atoms with Crippen molar-refractivity contribution < 1.29 is 9.60 Å². The van der Waals surface area contributed by atoms with E-state index in [4.69, 9.17) is 10.9 Å². The lowest BCUT2D eigenvalue weighted by Gasteiger charge is -2.06. The van der Waals surface area contributed by atoms with Crippen molar-refractivity contribution in [2.45, 2.75) is 19.4 Å². The number of nitrogens with two attached hydrogens (primary N) is 1. The van der Waals surface area contributed by atoms with Gasteiger partial charge in [-0.2, -0.15) is 0 Å². The van der Waals surface area contributed by atoms with Crippen LogP contribution in [0.25, 0.3) is 0 Å². The molecular formula is C12H16FN3O. The fraction of sp³-hybridized carbons (Fsp3) is 0.417. The summed E-state index contributed by atoms with van der Waals surface area (Å²) in [4.78, 5) is 0. The van der Waals surface area contributed by atoms with E-state index in [0.717, 1.165) is 18.0 Å². The zero-order valence-corrected chi connectivity index (χ0v) is 9.49. The van der Waals surface area contributed by atoms with Crippen LogP contribution in [0.5, 0.6) is 0 Å². The second-order valence-corrected chi connectivity index (χ2v) is 4.41. The van der Waals surface area contributed by atoms with Crippen molar-refractivity contribution in [3.63, 3.8) is 0 Å². The Labute approximate surface area is 99.3 Å². The Bertz CT molecular complexity index is 430. The van der Waals surface area contributed by atoms with E-state index in [1.807, 2.05) is 0 Å². The number of nitrogens with one attached hydrogen (secondary N) is 1. The molecule has 1 saturated carbocycles. The van der Waals surface area contributed by atoms with Gasteiger partial charge in [-0.1, -0.05) is 5.16 Å². The molecule has 0 radical (unpaired) electrons. The molecule has 0 unspecified atom stereocenters. The van der Waals surface area contributed by atoms with E-state index >= 15 is 0 Å². The molecule has 5 heteroatoms. The van der Waals surface area contributed by atoms with Crippen molar-refractivity contribution in [2.75, 3.05) is 6.54 Å². The van der Waals surface area contributed by atoms with Gasteiger partial charge >= 0.3 is 0 Å². The maximum atomic E-state index is 13.3. The van der Waals surface area contributed by atoms with Crippen LogP contribution >= 0.6 is 0 Å². The second kappa shape index (κ2) is 5.14. The van der Waals surface area contributed by atoms with Crippen LogP contribution in [0.4, 0.5) is 4.39 Å². The highest BCUT2D eigenvalue weighted by Crippen LogP contribution is 2.27. The molecule has 0 saturated heterocycles. The van der Waals surface area contributed by atoms with Crippen LogP contribution in [0, 0.1) is 11.7 Å². The zero-order valence-electron chi connectivity index (χ0n) is 9.49. The van der Waals surface area contributed by atoms with Crippen LogP contribution in [0.1, 0.15) is 24.0 Å². The lowest BCUT2D eigenvalue weighted by atomic mass is 10.1. The van der Waals surface area contributed by atoms with Crippen molar-refractivity contribution >= 4 is 5.84 Å². The second-order valence-electron chi connectivity index (χ2n) is 4.41. The molecule has 0 heterocycles. The van der Waals surface area contributed by atoms with Gasteiger partial charge in [0.15, 0.2) is 5.84 Å². The number of nitrogens with zero attached hydrogens (tertiary/aromatic N) is 1. The Kier molecular flexibility index (Phi) is 3.58. The molecule has 1 aliphatic carbocycles. The number of rotatable bonds is 5. The molecule has 1 aromatic carbocycles. The number of benzene rings is 1. The molecule has 1 aliphatic rings. The van der Waals surface area contributed by atoms with E-state index < -0.39 is 0 Å². The summed E-state index contributed by atoms with van der Waals surface area (Å²) < 4.78 is 13.3. The molecule has 0 bridgehead atoms. The summed E-state index contributed by atoms with van der Waals surface area (Å²) in [5, 5.41) is 14.7. The molecule has 0 amide bonds. The highest BCUT2D eigenvalue weighted by atomic mass is 19.1. The molecular weight excluding hydrogens is 221 g/mol. The standard InChI is InChI=1S/C12H16FN3O/c13-11-4-9(7-15-6-8-1-2-8)3-10(5-11)12(14)16-17/h3-5,8,15,17H,1-2,6-7H2,(H2,14,16). The Morgan fingerprint density at radius 1 is 1.47 bits per heavy atom. The SMILES string of the molecule is N/C(=N/O)c1cc(F)cc(CNCC2CC2)c1. The van der Waals surface area contributed by atoms with Gasteiger partial charge in [0.2, 0.25) is 0 Å². The minimum Gasteiger partial charge on any atom is -0.409 e. The summed E-state index contributed by atoms with van der Waals surface area (Å²) in [5.41, 5.74) is 6.63. The van der Waals surface area contributed by atoms with Gasteiger partial charge in [0, 0.05) is 12.1 Å². The molecule has 4 N–H and O–H groups in total. The lowest BCUT2D eigenvalue weighted by Crippen LogP contribution is -2.18. The smallest absolute Gasteiger partial charge is 0.170 e. The molecule has 0 aliphatic heterocycles. The van der Waals surface area contributed by atoms with Gasteiger partial charge in [-0.25, -0.2) is 4.39 Å². The zero-order chi connectivity index (χ0) is 12.3. The van der Waals surface area contributed by atoms with Crippen LogP contribution in [0.3, 0.4) is 0 Å². The number of oxime groups is 1. The van der Waals surface area contributed by atoms with Gasteiger partial charge in [-0.05, 0) is 49.1 Å². The minimum absolute atomic E-state index is 0.0760. The van der Waals surface area contributed by atoms with Crippen LogP contribution in [-0.4, -0.2) is 17.6 Å². The van der Waals surface area contributed by atoms with Gasteiger partial charge in [0.05, 0.1) is 0 Å². The predicted octanol–water partition coefficient (Wildman–Crippen LogP) is 1.42. The summed E-state index contributed by atoms with van der Waals surface area (Å²) in [6, 6.07) is 4.42. The van der Waals surface area contributed by atoms with Crippen molar-refractivity contribution in [1.29, 1.82) is 0 Å². The lowest BCUT2D eigenvalue weighted by molar-refractivity contribution is 0.318. The quantitative estimate of drug-likeness (QED) is 0.314. The fourth-order valence-electron chi connectivity index (χ4n) is 1.70. The summed E-state index contributed by atoms with van der Waals surface area (Å²) in [5.74, 6) is 0.331. The van der Waals surface area contributed by atoms with Gasteiger partial charge in [0.25, 0.3) is 0 Å². The molecule has 2 rings (SSSR count). The summed E-state index contributed by atoms with van der Waals surface area (Å²) >= 11 is 0. The largest absolute Gasteiger partial charge is 0.409 e. The van der Waals surface area contributed by atoms with Crippen LogP contribution in [0.2, 0.25) is 0 Å². The van der Waals surface area contributed by atoms with Crippen molar-refractivity contribution in [1.82, 2.24) is 5.32 Å². The van der Waals surface area contributed by atoms with Crippen LogP contribution in [0.15, 0.2) is 23.4 Å². The van der Waals surface area contributed by atoms with Crippen molar-refractivity contribution in [3.8, 4) is 0 Å². The van der Waals surface area contributed by atoms with Gasteiger partial charge in [-0.3, -0.25) is 0 Å². The molecule has 0 aromatic heterocycles. The third-order valence-corrected chi connectivity index (χ3v) is 2.82. The first-order valence-electron chi connectivity index (χ1n) is 5.67. The van der Waals surface area contributed by atoms with E-state index in [1.54, 1.807) is 6.07 Å². The highest BCUT2D eigenvalue weighted by molar-refractivity contribution is 5.97. The number of hydrogen-bond donors (Lipinski definition) is 3. The van der Waals surface area contributed by atoms with Gasteiger partial charge in [-0.15, -0.1) is 0 Å². The maximum absolute atomic E-state index is 13.3. The van der Waals surface area contributed by atoms with Crippen molar-refractivity contribution in [2.24, 2.45) is 16.8 Å². The Balaban J connectivity index is 2.02. The molecule has 17 heavy (non-hydrogen) atoms. The van der Waals surface area contributed by atoms with E-state index in [2.05, 4.69) is 10.5 Å². The average molecular weight is 237 g/mol. The Hall–Kier alpha value is -1.62. The highest BCUT2D eigenvalue weighted by Gasteiger charge is 2.20. The summed E-state index contributed by atoms with van der Waals surface area (Å²) in [6.07, 6.45) is 2.57. The molecule has 4 nitrogen and oxygen atoms in total. The predicted molar refractivity (Wildman–Crippen MR) is 63.3 cm³/mol. The number of hydrogen-bond acceptors (Lipinski definition) is 3. The molecule has 0 atom stereocenters. The first-order chi connectivity index (χ1) is 8.19. The monoisotopic (exact) mass is 237 g/mol. The van der Waals surface area contributed by atoms with E-state index in [0.29, 0.717) is 12.1 Å². The molecule has 0 spiro atoms. The third-order valence-electron chi connectivity index (χ3n) is 2.82. The first kappa shape index (κ1) is 11.9. The topological polar surface area (TPSA) is 70.6 Å². The van der Waals surface area contributed by atoms with E-state index in [9.17, 15) is 4.39 Å². The number of amidine groups is 1. The number of halogens is 1. The third kappa shape index (κ3) is 3.42. The Morgan fingerprint density at radius 2 is 2.24 bits per heavy atom. The van der Waals surface area contributed by atoms with Gasteiger partial charge in [0.1, 0.15) is 5.82 Å². The van der Waals surface area contributed by atoms with Crippen LogP contribution in [-0.2, 0) is 6.54 Å². The average Bonchev–Trinajstić information content (AvgIpc) is 3.11. The van der Waals surface area contributed by atoms with E-state index in [1.165, 1.54) is 25.0 Å². The minimum atomic E-state index is -0.377. The fourth-order valence-corrected chi connectivity index (χ4v) is 1.70. The van der Waals surface area contributed by atoms with Crippen molar-refractivity contribution in [3.05, 3.63) is 35.1 Å². The summed E-state index contributed by atoms with van der Waals surface area (Å²) in [6.45, 7) is 1.56. The Morgan fingerprint density at radius 3 is 2.88 bits per heavy atom. The normalized spacial score (nSPS) is 16.2. The maximum Gasteiger partial charge on any atom is 0.170 e. The van der Waals surface area contributed by atoms with E-state index in [-0.39, 0.29) is 11.7 Å². The summed E-state index contributed by atoms with van der Waals surface area (Å²) in [7, 11) is 0. The molecule has 92 valence electrons. The molecule has 1 fully saturated rings. The first-order valence-corrected chi connectivity index (χ1v) is 5.67. The molecule has 1 aromatic rings.